The first-order valence-corrected chi connectivity index (χ1v) is 7.29. The fourth-order valence-electron chi connectivity index (χ4n) is 2.78. The molecule has 3 nitrogen and oxygen atoms in total. The van der Waals surface area contributed by atoms with Crippen LogP contribution >= 0.6 is 0 Å². The van der Waals surface area contributed by atoms with Crippen molar-refractivity contribution in [3.8, 4) is 0 Å². The summed E-state index contributed by atoms with van der Waals surface area (Å²) in [5, 5.41) is 0. The third-order valence-corrected chi connectivity index (χ3v) is 4.09. The van der Waals surface area contributed by atoms with E-state index in [4.69, 9.17) is 5.73 Å². The summed E-state index contributed by atoms with van der Waals surface area (Å²) in [7, 11) is 1.88. The average molecular weight is 260 g/mol. The van der Waals surface area contributed by atoms with Crippen LogP contribution in [0.3, 0.4) is 0 Å². The van der Waals surface area contributed by atoms with Gasteiger partial charge in [-0.1, -0.05) is 37.8 Å². The highest BCUT2D eigenvalue weighted by atomic mass is 16.2. The quantitative estimate of drug-likeness (QED) is 0.849. The lowest BCUT2D eigenvalue weighted by molar-refractivity contribution is -0.122. The largest absolute Gasteiger partial charge is 0.326 e. The Labute approximate surface area is 115 Å². The zero-order chi connectivity index (χ0) is 13.7. The third kappa shape index (κ3) is 3.57. The summed E-state index contributed by atoms with van der Waals surface area (Å²) in [6.45, 7) is 0.542. The highest BCUT2D eigenvalue weighted by Crippen LogP contribution is 2.26. The van der Waals surface area contributed by atoms with Gasteiger partial charge in [-0.2, -0.15) is 0 Å². The van der Waals surface area contributed by atoms with Gasteiger partial charge in [0.25, 0.3) is 0 Å². The zero-order valence-corrected chi connectivity index (χ0v) is 11.8. The number of hydrogen-bond donors (Lipinski definition) is 1. The lowest BCUT2D eigenvalue weighted by Gasteiger charge is -2.23. The van der Waals surface area contributed by atoms with Crippen molar-refractivity contribution < 1.29 is 4.79 Å². The second-order valence-electron chi connectivity index (χ2n) is 5.46. The Balaban J connectivity index is 2.04. The van der Waals surface area contributed by atoms with Crippen molar-refractivity contribution >= 4 is 11.6 Å². The molecule has 1 aliphatic carbocycles. The lowest BCUT2D eigenvalue weighted by atomic mass is 9.98. The van der Waals surface area contributed by atoms with Crippen molar-refractivity contribution in [1.29, 1.82) is 0 Å². The second-order valence-corrected chi connectivity index (χ2v) is 5.46. The number of nitrogens with two attached hydrogens (primary N) is 1. The molecule has 0 bridgehead atoms. The number of benzene rings is 1. The van der Waals surface area contributed by atoms with Crippen molar-refractivity contribution in [3.63, 3.8) is 0 Å². The van der Waals surface area contributed by atoms with E-state index in [1.807, 2.05) is 31.3 Å². The van der Waals surface area contributed by atoms with E-state index < -0.39 is 0 Å². The molecule has 0 atom stereocenters. The van der Waals surface area contributed by atoms with Gasteiger partial charge < -0.3 is 10.6 Å². The van der Waals surface area contributed by atoms with E-state index in [1.54, 1.807) is 4.90 Å². The zero-order valence-electron chi connectivity index (χ0n) is 11.8. The molecule has 0 aliphatic heterocycles. The van der Waals surface area contributed by atoms with Gasteiger partial charge in [-0.15, -0.1) is 0 Å². The molecule has 2 N–H and O–H groups in total. The fourth-order valence-corrected chi connectivity index (χ4v) is 2.78. The summed E-state index contributed by atoms with van der Waals surface area (Å²) < 4.78 is 0. The summed E-state index contributed by atoms with van der Waals surface area (Å²) in [6, 6.07) is 7.95. The van der Waals surface area contributed by atoms with Gasteiger partial charge in [-0.25, -0.2) is 0 Å². The fraction of sp³-hybridized carbons (Fsp3) is 0.562. The van der Waals surface area contributed by atoms with Crippen LogP contribution in [0.25, 0.3) is 0 Å². The normalized spacial score (nSPS) is 16.9. The van der Waals surface area contributed by atoms with E-state index in [0.29, 0.717) is 6.54 Å². The van der Waals surface area contributed by atoms with Crippen LogP contribution in [-0.4, -0.2) is 13.0 Å². The molecule has 1 aromatic rings. The Kier molecular flexibility index (Phi) is 4.97. The van der Waals surface area contributed by atoms with Crippen molar-refractivity contribution in [1.82, 2.24) is 0 Å². The average Bonchev–Trinajstić information content (AvgIpc) is 2.75. The van der Waals surface area contributed by atoms with Crippen molar-refractivity contribution in [2.75, 3.05) is 11.9 Å². The van der Waals surface area contributed by atoms with Crippen LogP contribution in [-0.2, 0) is 11.3 Å². The molecule has 1 aliphatic rings. The van der Waals surface area contributed by atoms with Crippen molar-refractivity contribution in [2.45, 2.75) is 45.1 Å². The number of carbonyl (C=O) groups is 1. The summed E-state index contributed by atoms with van der Waals surface area (Å²) in [5.41, 5.74) is 7.65. The number of carbonyl (C=O) groups excluding carboxylic acids is 1. The molecule has 104 valence electrons. The first-order valence-electron chi connectivity index (χ1n) is 7.29. The van der Waals surface area contributed by atoms with E-state index in [1.165, 1.54) is 25.7 Å². The summed E-state index contributed by atoms with van der Waals surface area (Å²) in [6.07, 6.45) is 7.03. The monoisotopic (exact) mass is 260 g/mol. The van der Waals surface area contributed by atoms with Crippen LogP contribution < -0.4 is 10.6 Å². The number of amides is 1. The topological polar surface area (TPSA) is 46.3 Å². The Morgan fingerprint density at radius 2 is 1.74 bits per heavy atom. The first-order chi connectivity index (χ1) is 9.22. The standard InChI is InChI=1S/C16H24N2O/c1-18(15-10-8-13(12-17)9-11-15)16(19)14-6-4-2-3-5-7-14/h8-11,14H,2-7,12,17H2,1H3. The van der Waals surface area contributed by atoms with Gasteiger partial charge in [0, 0.05) is 25.2 Å². The Morgan fingerprint density at radius 1 is 1.16 bits per heavy atom. The second kappa shape index (κ2) is 6.71. The van der Waals surface area contributed by atoms with E-state index in [0.717, 1.165) is 24.1 Å². The molecular weight excluding hydrogens is 236 g/mol. The summed E-state index contributed by atoms with van der Waals surface area (Å²) in [5.74, 6) is 0.476. The molecule has 3 heteroatoms. The van der Waals surface area contributed by atoms with Gasteiger partial charge in [0.1, 0.15) is 0 Å². The van der Waals surface area contributed by atoms with E-state index in [9.17, 15) is 4.79 Å². The Hall–Kier alpha value is -1.35. The lowest BCUT2D eigenvalue weighted by Crippen LogP contribution is -2.32. The highest BCUT2D eigenvalue weighted by Gasteiger charge is 2.23. The van der Waals surface area contributed by atoms with E-state index in [2.05, 4.69) is 0 Å². The molecule has 1 amide bonds. The molecule has 1 aromatic carbocycles. The van der Waals surface area contributed by atoms with Gasteiger partial charge in [-0.3, -0.25) is 4.79 Å². The van der Waals surface area contributed by atoms with Gasteiger partial charge in [0.2, 0.25) is 5.91 Å². The molecule has 2 rings (SSSR count). The molecule has 0 spiro atoms. The third-order valence-electron chi connectivity index (χ3n) is 4.09. The van der Waals surface area contributed by atoms with Crippen LogP contribution in [0.15, 0.2) is 24.3 Å². The minimum atomic E-state index is 0.210. The molecule has 0 saturated heterocycles. The maximum atomic E-state index is 12.5. The smallest absolute Gasteiger partial charge is 0.229 e. The predicted octanol–water partition coefficient (Wildman–Crippen LogP) is 3.08. The highest BCUT2D eigenvalue weighted by molar-refractivity contribution is 5.94. The molecule has 1 fully saturated rings. The van der Waals surface area contributed by atoms with Crippen LogP contribution in [0.1, 0.15) is 44.1 Å². The molecule has 0 heterocycles. The predicted molar refractivity (Wildman–Crippen MR) is 78.9 cm³/mol. The summed E-state index contributed by atoms with van der Waals surface area (Å²) >= 11 is 0. The number of nitrogens with zero attached hydrogens (tertiary/aromatic N) is 1. The maximum absolute atomic E-state index is 12.5. The van der Waals surface area contributed by atoms with Crippen molar-refractivity contribution in [3.05, 3.63) is 29.8 Å². The molecular formula is C16H24N2O. The van der Waals surface area contributed by atoms with Gasteiger partial charge in [0.05, 0.1) is 0 Å². The van der Waals surface area contributed by atoms with Gasteiger partial charge in [0.15, 0.2) is 0 Å². The number of rotatable bonds is 3. The number of anilines is 1. The SMILES string of the molecule is CN(C(=O)C1CCCCCC1)c1ccc(CN)cc1. The minimum absolute atomic E-state index is 0.210. The van der Waals surface area contributed by atoms with Crippen LogP contribution in [0, 0.1) is 5.92 Å². The molecule has 0 unspecified atom stereocenters. The van der Waals surface area contributed by atoms with E-state index >= 15 is 0 Å². The maximum Gasteiger partial charge on any atom is 0.229 e. The molecule has 19 heavy (non-hydrogen) atoms. The molecule has 0 radical (unpaired) electrons. The minimum Gasteiger partial charge on any atom is -0.326 e. The summed E-state index contributed by atoms with van der Waals surface area (Å²) in [4.78, 5) is 14.3. The molecule has 0 aromatic heterocycles. The molecule has 1 saturated carbocycles. The van der Waals surface area contributed by atoms with Crippen LogP contribution in [0.5, 0.6) is 0 Å². The van der Waals surface area contributed by atoms with Crippen molar-refractivity contribution in [2.24, 2.45) is 11.7 Å². The Morgan fingerprint density at radius 3 is 2.26 bits per heavy atom. The van der Waals surface area contributed by atoms with Gasteiger partial charge >= 0.3 is 0 Å². The van der Waals surface area contributed by atoms with Crippen LogP contribution in [0.4, 0.5) is 5.69 Å². The van der Waals surface area contributed by atoms with Crippen LogP contribution in [0.2, 0.25) is 0 Å². The first kappa shape index (κ1) is 14.1. The number of hydrogen-bond acceptors (Lipinski definition) is 2. The Bertz CT molecular complexity index is 405. The van der Waals surface area contributed by atoms with Gasteiger partial charge in [-0.05, 0) is 30.5 Å². The van der Waals surface area contributed by atoms with E-state index in [-0.39, 0.29) is 11.8 Å².